The third kappa shape index (κ3) is 8.86. The van der Waals surface area contributed by atoms with Crippen LogP contribution in [0.15, 0.2) is 30.3 Å². The molecule has 0 spiro atoms. The smallest absolute Gasteiger partial charge is 0.410 e. The zero-order valence-electron chi connectivity index (χ0n) is 19.2. The highest BCUT2D eigenvalue weighted by molar-refractivity contribution is 5.75. The summed E-state index contributed by atoms with van der Waals surface area (Å²) in [6, 6.07) is 9.54. The maximum Gasteiger partial charge on any atom is 0.410 e. The van der Waals surface area contributed by atoms with E-state index in [1.54, 1.807) is 11.8 Å². The Morgan fingerprint density at radius 3 is 2.22 bits per heavy atom. The molecule has 0 aromatic heterocycles. The molecule has 0 unspecified atom stereocenters. The molecule has 2 heterocycles. The second-order valence-corrected chi connectivity index (χ2v) is 7.87. The zero-order chi connectivity index (χ0) is 23.2. The van der Waals surface area contributed by atoms with E-state index < -0.39 is 0 Å². The van der Waals surface area contributed by atoms with E-state index in [0.29, 0.717) is 26.3 Å². The number of nitrogens with zero attached hydrogens (tertiary/aromatic N) is 1. The maximum absolute atomic E-state index is 12.0. The Morgan fingerprint density at radius 2 is 1.59 bits per heavy atom. The van der Waals surface area contributed by atoms with Crippen molar-refractivity contribution in [3.8, 4) is 0 Å². The number of amides is 1. The second kappa shape index (κ2) is 14.5. The number of benzene rings is 1. The van der Waals surface area contributed by atoms with Crippen LogP contribution in [0.1, 0.15) is 45.1 Å². The number of carbonyl (C=O) groups excluding carboxylic acids is 3. The van der Waals surface area contributed by atoms with Gasteiger partial charge in [-0.05, 0) is 51.6 Å². The minimum Gasteiger partial charge on any atom is -0.466 e. The van der Waals surface area contributed by atoms with Gasteiger partial charge in [0, 0.05) is 19.6 Å². The molecular formula is C24H36N2O6. The normalized spacial score (nSPS) is 20.4. The molecule has 8 nitrogen and oxygen atoms in total. The SMILES string of the molecule is CCOC(=O)[C@H]1CCCN(C(=O)OCc2ccccc2)C1.CCOC(=O)[C@H]1CCCNC1. The first-order valence-electron chi connectivity index (χ1n) is 11.5. The fraction of sp³-hybridized carbons (Fsp3) is 0.625. The van der Waals surface area contributed by atoms with Crippen molar-refractivity contribution in [1.29, 1.82) is 0 Å². The van der Waals surface area contributed by atoms with Gasteiger partial charge in [-0.2, -0.15) is 0 Å². The summed E-state index contributed by atoms with van der Waals surface area (Å²) < 4.78 is 15.2. The Kier molecular flexibility index (Phi) is 11.6. The lowest BCUT2D eigenvalue weighted by atomic mass is 9.99. The summed E-state index contributed by atoms with van der Waals surface area (Å²) in [6.45, 7) is 7.58. The lowest BCUT2D eigenvalue weighted by Crippen LogP contribution is -2.43. The number of ether oxygens (including phenoxy) is 3. The van der Waals surface area contributed by atoms with E-state index >= 15 is 0 Å². The van der Waals surface area contributed by atoms with Crippen LogP contribution in [0.5, 0.6) is 0 Å². The molecule has 2 fully saturated rings. The van der Waals surface area contributed by atoms with Crippen LogP contribution in [0, 0.1) is 11.8 Å². The quantitative estimate of drug-likeness (QED) is 0.528. The molecule has 0 saturated carbocycles. The van der Waals surface area contributed by atoms with Crippen LogP contribution in [0.3, 0.4) is 0 Å². The largest absolute Gasteiger partial charge is 0.466 e. The average molecular weight is 449 g/mol. The van der Waals surface area contributed by atoms with Gasteiger partial charge in [-0.3, -0.25) is 9.59 Å². The average Bonchev–Trinajstić information content (AvgIpc) is 2.84. The number of hydrogen-bond acceptors (Lipinski definition) is 7. The van der Waals surface area contributed by atoms with Crippen molar-refractivity contribution in [2.24, 2.45) is 11.8 Å². The van der Waals surface area contributed by atoms with E-state index in [4.69, 9.17) is 14.2 Å². The van der Waals surface area contributed by atoms with Crippen LogP contribution in [-0.4, -0.2) is 62.3 Å². The first-order valence-corrected chi connectivity index (χ1v) is 11.5. The van der Waals surface area contributed by atoms with Crippen LogP contribution in [0.4, 0.5) is 4.79 Å². The van der Waals surface area contributed by atoms with Gasteiger partial charge in [-0.25, -0.2) is 4.79 Å². The Labute approximate surface area is 190 Å². The molecule has 0 aliphatic carbocycles. The van der Waals surface area contributed by atoms with E-state index in [0.717, 1.165) is 44.3 Å². The van der Waals surface area contributed by atoms with Gasteiger partial charge < -0.3 is 24.4 Å². The van der Waals surface area contributed by atoms with Crippen LogP contribution < -0.4 is 5.32 Å². The molecule has 2 saturated heterocycles. The van der Waals surface area contributed by atoms with Crippen molar-refractivity contribution in [3.05, 3.63) is 35.9 Å². The number of piperidine rings is 2. The van der Waals surface area contributed by atoms with Gasteiger partial charge in [-0.15, -0.1) is 0 Å². The van der Waals surface area contributed by atoms with E-state index in [1.807, 2.05) is 37.3 Å². The minimum absolute atomic E-state index is 0.0419. The number of likely N-dealkylation sites (tertiary alicyclic amines) is 1. The van der Waals surface area contributed by atoms with Crippen molar-refractivity contribution in [2.75, 3.05) is 39.4 Å². The molecule has 3 rings (SSSR count). The lowest BCUT2D eigenvalue weighted by Gasteiger charge is -2.30. The van der Waals surface area contributed by atoms with Gasteiger partial charge in [0.15, 0.2) is 0 Å². The summed E-state index contributed by atoms with van der Waals surface area (Å²) in [7, 11) is 0. The molecule has 8 heteroatoms. The lowest BCUT2D eigenvalue weighted by molar-refractivity contribution is -0.150. The molecule has 1 aromatic rings. The van der Waals surface area contributed by atoms with Crippen LogP contribution in [0.2, 0.25) is 0 Å². The van der Waals surface area contributed by atoms with Gasteiger partial charge in [-0.1, -0.05) is 30.3 Å². The molecular weight excluding hydrogens is 412 g/mol. The predicted octanol–water partition coefficient (Wildman–Crippen LogP) is 3.15. The highest BCUT2D eigenvalue weighted by Gasteiger charge is 2.30. The topological polar surface area (TPSA) is 94.2 Å². The summed E-state index contributed by atoms with van der Waals surface area (Å²) in [5.41, 5.74) is 0.949. The molecule has 1 aromatic carbocycles. The van der Waals surface area contributed by atoms with E-state index in [1.165, 1.54) is 0 Å². The molecule has 2 aliphatic heterocycles. The fourth-order valence-electron chi connectivity index (χ4n) is 3.72. The predicted molar refractivity (Wildman–Crippen MR) is 120 cm³/mol. The van der Waals surface area contributed by atoms with E-state index in [-0.39, 0.29) is 36.5 Å². The van der Waals surface area contributed by atoms with Gasteiger partial charge >= 0.3 is 18.0 Å². The number of carbonyl (C=O) groups is 3. The summed E-state index contributed by atoms with van der Waals surface area (Å²) in [5, 5.41) is 3.17. The number of esters is 2. The zero-order valence-corrected chi connectivity index (χ0v) is 19.2. The minimum atomic E-state index is -0.368. The number of nitrogens with one attached hydrogen (secondary N) is 1. The Bertz CT molecular complexity index is 706. The standard InChI is InChI=1S/C16H21NO4.C8H15NO2/c1-2-20-15(18)14-9-6-10-17(11-14)16(19)21-12-13-7-4-3-5-8-13;1-2-11-8(10)7-4-3-5-9-6-7/h3-5,7-8,14H,2,6,9-12H2,1H3;7,9H,2-6H2,1H3/t14-;7-/m00/s1. The van der Waals surface area contributed by atoms with Gasteiger partial charge in [0.1, 0.15) is 6.61 Å². The summed E-state index contributed by atoms with van der Waals surface area (Å²) >= 11 is 0. The van der Waals surface area contributed by atoms with Crippen molar-refractivity contribution >= 4 is 18.0 Å². The maximum atomic E-state index is 12.0. The van der Waals surface area contributed by atoms with E-state index in [9.17, 15) is 14.4 Å². The van der Waals surface area contributed by atoms with Crippen LogP contribution in [0.25, 0.3) is 0 Å². The van der Waals surface area contributed by atoms with Gasteiger partial charge in [0.25, 0.3) is 0 Å². The Hall–Kier alpha value is -2.61. The highest BCUT2D eigenvalue weighted by Crippen LogP contribution is 2.19. The first-order chi connectivity index (χ1) is 15.5. The van der Waals surface area contributed by atoms with E-state index in [2.05, 4.69) is 5.32 Å². The Balaban J connectivity index is 0.000000278. The molecule has 2 aliphatic rings. The first kappa shape index (κ1) is 25.6. The number of rotatable bonds is 6. The van der Waals surface area contributed by atoms with Crippen molar-refractivity contribution < 1.29 is 28.6 Å². The van der Waals surface area contributed by atoms with Gasteiger partial charge in [0.05, 0.1) is 25.0 Å². The second-order valence-electron chi connectivity index (χ2n) is 7.87. The third-order valence-corrected chi connectivity index (χ3v) is 5.42. The van der Waals surface area contributed by atoms with Gasteiger partial charge in [0.2, 0.25) is 0 Å². The van der Waals surface area contributed by atoms with Crippen molar-refractivity contribution in [2.45, 2.75) is 46.1 Å². The molecule has 32 heavy (non-hydrogen) atoms. The van der Waals surface area contributed by atoms with Crippen LogP contribution >= 0.6 is 0 Å². The third-order valence-electron chi connectivity index (χ3n) is 5.42. The summed E-state index contributed by atoms with van der Waals surface area (Å²) in [5.74, 6) is -0.399. The Morgan fingerprint density at radius 1 is 0.938 bits per heavy atom. The van der Waals surface area contributed by atoms with Crippen LogP contribution in [-0.2, 0) is 30.4 Å². The number of hydrogen-bond donors (Lipinski definition) is 1. The monoisotopic (exact) mass is 448 g/mol. The molecule has 2 atom stereocenters. The van der Waals surface area contributed by atoms with Crippen molar-refractivity contribution in [1.82, 2.24) is 10.2 Å². The summed E-state index contributed by atoms with van der Waals surface area (Å²) in [4.78, 5) is 36.5. The van der Waals surface area contributed by atoms with Crippen molar-refractivity contribution in [3.63, 3.8) is 0 Å². The molecule has 1 N–H and O–H groups in total. The fourth-order valence-corrected chi connectivity index (χ4v) is 3.72. The molecule has 178 valence electrons. The molecule has 1 amide bonds. The summed E-state index contributed by atoms with van der Waals surface area (Å²) in [6.07, 6.45) is 3.26. The highest BCUT2D eigenvalue weighted by atomic mass is 16.6. The molecule has 0 radical (unpaired) electrons. The molecule has 0 bridgehead atoms.